The molecule has 2 amide bonds. The normalized spacial score (nSPS) is 22.6. The zero-order valence-corrected chi connectivity index (χ0v) is 26.3. The number of nitrogens with one attached hydrogen (secondary N) is 2. The molecule has 0 bridgehead atoms. The molecular formula is C38H40N4O5. The minimum atomic E-state index is -0.643. The van der Waals surface area contributed by atoms with Gasteiger partial charge in [0.2, 0.25) is 5.91 Å². The van der Waals surface area contributed by atoms with Crippen LogP contribution < -0.4 is 15.5 Å². The maximum Gasteiger partial charge on any atom is 0.255 e. The summed E-state index contributed by atoms with van der Waals surface area (Å²) in [5.41, 5.74) is 4.45. The minimum absolute atomic E-state index is 0.0160. The van der Waals surface area contributed by atoms with E-state index in [9.17, 15) is 14.7 Å². The molecule has 0 saturated carbocycles. The van der Waals surface area contributed by atoms with Gasteiger partial charge in [0.1, 0.15) is 5.54 Å². The summed E-state index contributed by atoms with van der Waals surface area (Å²) < 4.78 is 13.2. The number of ether oxygens (including phenoxy) is 2. The summed E-state index contributed by atoms with van der Waals surface area (Å²) in [7, 11) is 0. The van der Waals surface area contributed by atoms with Gasteiger partial charge >= 0.3 is 0 Å². The first-order chi connectivity index (χ1) is 23.0. The van der Waals surface area contributed by atoms with E-state index in [1.807, 2.05) is 84.9 Å². The number of rotatable bonds is 8. The van der Waals surface area contributed by atoms with Gasteiger partial charge in [-0.2, -0.15) is 0 Å². The molecule has 3 saturated heterocycles. The van der Waals surface area contributed by atoms with Crippen LogP contribution in [0.3, 0.4) is 0 Å². The number of anilines is 2. The second-order valence-corrected chi connectivity index (χ2v) is 12.6. The number of amides is 2. The van der Waals surface area contributed by atoms with Gasteiger partial charge < -0.3 is 35.0 Å². The first-order valence-corrected chi connectivity index (χ1v) is 16.3. The number of aliphatic hydroxyl groups excluding tert-OH is 1. The molecule has 9 heteroatoms. The van der Waals surface area contributed by atoms with E-state index in [1.165, 1.54) is 0 Å². The Bertz CT molecular complexity index is 1680. The zero-order chi connectivity index (χ0) is 32.2. The summed E-state index contributed by atoms with van der Waals surface area (Å²) in [4.78, 5) is 30.7. The van der Waals surface area contributed by atoms with Crippen LogP contribution in [0.5, 0.6) is 0 Å². The summed E-state index contributed by atoms with van der Waals surface area (Å²) in [6.45, 7) is 2.77. The van der Waals surface area contributed by atoms with Gasteiger partial charge in [-0.05, 0) is 60.4 Å². The predicted molar refractivity (Wildman–Crippen MR) is 180 cm³/mol. The van der Waals surface area contributed by atoms with E-state index in [0.29, 0.717) is 30.9 Å². The lowest BCUT2D eigenvalue weighted by molar-refractivity contribution is -0.253. The molecule has 3 heterocycles. The van der Waals surface area contributed by atoms with E-state index in [2.05, 4.69) is 32.6 Å². The van der Waals surface area contributed by atoms with Crippen LogP contribution in [0.4, 0.5) is 11.4 Å². The van der Waals surface area contributed by atoms with Crippen molar-refractivity contribution in [1.29, 1.82) is 0 Å². The molecule has 9 nitrogen and oxygen atoms in total. The molecule has 1 spiro atoms. The number of carbonyl (C=O) groups excluding carboxylic acids is 2. The first-order valence-electron chi connectivity index (χ1n) is 16.3. The second-order valence-electron chi connectivity index (χ2n) is 12.6. The van der Waals surface area contributed by atoms with Crippen LogP contribution in [0.25, 0.3) is 0 Å². The van der Waals surface area contributed by atoms with E-state index in [0.717, 1.165) is 48.3 Å². The molecular weight excluding hydrogens is 592 g/mol. The van der Waals surface area contributed by atoms with Gasteiger partial charge in [-0.3, -0.25) is 9.59 Å². The third-order valence-corrected chi connectivity index (χ3v) is 9.62. The van der Waals surface area contributed by atoms with E-state index in [1.54, 1.807) is 12.1 Å². The van der Waals surface area contributed by atoms with E-state index in [4.69, 9.17) is 9.47 Å². The van der Waals surface area contributed by atoms with Crippen molar-refractivity contribution in [1.82, 2.24) is 10.2 Å². The lowest BCUT2D eigenvalue weighted by atomic mass is 9.85. The number of piperidine rings is 1. The fraction of sp³-hybridized carbons (Fsp3) is 0.316. The van der Waals surface area contributed by atoms with Gasteiger partial charge in [0, 0.05) is 48.6 Å². The maximum absolute atomic E-state index is 13.2. The van der Waals surface area contributed by atoms with E-state index in [-0.39, 0.29) is 30.6 Å². The Balaban J connectivity index is 1.07. The summed E-state index contributed by atoms with van der Waals surface area (Å²) in [5.74, 6) is -0.0772. The van der Waals surface area contributed by atoms with Gasteiger partial charge in [-0.1, -0.05) is 72.8 Å². The van der Waals surface area contributed by atoms with Crippen molar-refractivity contribution in [3.05, 3.63) is 131 Å². The number of aliphatic hydroxyl groups is 1. The van der Waals surface area contributed by atoms with Crippen LogP contribution in [0.2, 0.25) is 0 Å². The molecule has 3 aliphatic rings. The molecule has 4 aromatic rings. The van der Waals surface area contributed by atoms with Gasteiger partial charge in [0.15, 0.2) is 6.29 Å². The highest BCUT2D eigenvalue weighted by atomic mass is 16.7. The van der Waals surface area contributed by atoms with Crippen molar-refractivity contribution in [3.8, 4) is 0 Å². The number of hydrogen-bond acceptors (Lipinski definition) is 7. The molecule has 0 aromatic heterocycles. The number of benzene rings is 4. The molecule has 4 aromatic carbocycles. The molecule has 3 aliphatic heterocycles. The molecule has 3 N–H and O–H groups in total. The Morgan fingerprint density at radius 2 is 1.60 bits per heavy atom. The molecule has 3 unspecified atom stereocenters. The molecule has 47 heavy (non-hydrogen) atoms. The molecule has 0 radical (unpaired) electrons. The van der Waals surface area contributed by atoms with Crippen LogP contribution in [-0.4, -0.2) is 59.8 Å². The van der Waals surface area contributed by atoms with Crippen molar-refractivity contribution in [2.75, 3.05) is 36.5 Å². The Hall–Kier alpha value is -4.54. The Labute approximate surface area is 275 Å². The number of carbonyl (C=O) groups is 2. The SMILES string of the molecule is O=C(Nc1cccc(C2OC(CN3CCC4(CC3)C(=O)NCN4c3ccccc3)CC(c3ccc(CO)cc3)O2)c1)c1ccccc1. The number of likely N-dealkylation sites (tertiary alicyclic amines) is 1. The quantitative estimate of drug-likeness (QED) is 0.239. The average Bonchev–Trinajstić information content (AvgIpc) is 3.44. The molecule has 0 aliphatic carbocycles. The Kier molecular flexibility index (Phi) is 9.04. The monoisotopic (exact) mass is 632 g/mol. The Morgan fingerprint density at radius 3 is 2.32 bits per heavy atom. The molecule has 242 valence electrons. The summed E-state index contributed by atoms with van der Waals surface area (Å²) in [6.07, 6.45) is 1.13. The molecule has 3 atom stereocenters. The molecule has 3 fully saturated rings. The lowest BCUT2D eigenvalue weighted by Crippen LogP contribution is -2.57. The van der Waals surface area contributed by atoms with Gasteiger partial charge in [0.25, 0.3) is 5.91 Å². The number of hydrogen-bond donors (Lipinski definition) is 3. The fourth-order valence-corrected chi connectivity index (χ4v) is 7.01. The topological polar surface area (TPSA) is 103 Å². The van der Waals surface area contributed by atoms with Crippen LogP contribution in [0.15, 0.2) is 109 Å². The maximum atomic E-state index is 13.2. The van der Waals surface area contributed by atoms with Crippen LogP contribution >= 0.6 is 0 Å². The summed E-state index contributed by atoms with van der Waals surface area (Å²) in [6, 6.07) is 34.8. The van der Waals surface area contributed by atoms with Crippen molar-refractivity contribution in [2.45, 2.75) is 49.9 Å². The summed E-state index contributed by atoms with van der Waals surface area (Å²) >= 11 is 0. The highest BCUT2D eigenvalue weighted by molar-refractivity contribution is 6.04. The Morgan fingerprint density at radius 1 is 0.872 bits per heavy atom. The van der Waals surface area contributed by atoms with Crippen molar-refractivity contribution in [2.24, 2.45) is 0 Å². The highest BCUT2D eigenvalue weighted by Gasteiger charge is 2.50. The average molecular weight is 633 g/mol. The van der Waals surface area contributed by atoms with E-state index >= 15 is 0 Å². The van der Waals surface area contributed by atoms with Gasteiger partial charge in [-0.25, -0.2) is 0 Å². The van der Waals surface area contributed by atoms with Gasteiger partial charge in [-0.15, -0.1) is 0 Å². The predicted octanol–water partition coefficient (Wildman–Crippen LogP) is 5.41. The zero-order valence-electron chi connectivity index (χ0n) is 26.3. The van der Waals surface area contributed by atoms with Crippen molar-refractivity contribution in [3.63, 3.8) is 0 Å². The van der Waals surface area contributed by atoms with Crippen molar-refractivity contribution >= 4 is 23.2 Å². The lowest BCUT2D eigenvalue weighted by Gasteiger charge is -2.45. The third kappa shape index (κ3) is 6.66. The van der Waals surface area contributed by atoms with Crippen LogP contribution in [-0.2, 0) is 20.9 Å². The van der Waals surface area contributed by atoms with Gasteiger partial charge in [0.05, 0.1) is 25.5 Å². The largest absolute Gasteiger partial charge is 0.392 e. The number of para-hydroxylation sites is 1. The first kappa shape index (κ1) is 31.1. The third-order valence-electron chi connectivity index (χ3n) is 9.62. The smallest absolute Gasteiger partial charge is 0.255 e. The highest BCUT2D eigenvalue weighted by Crippen LogP contribution is 2.40. The second kappa shape index (κ2) is 13.7. The van der Waals surface area contributed by atoms with Crippen molar-refractivity contribution < 1.29 is 24.2 Å². The minimum Gasteiger partial charge on any atom is -0.392 e. The summed E-state index contributed by atoms with van der Waals surface area (Å²) in [5, 5.41) is 15.7. The van der Waals surface area contributed by atoms with E-state index < -0.39 is 11.8 Å². The fourth-order valence-electron chi connectivity index (χ4n) is 7.01. The van der Waals surface area contributed by atoms with Crippen LogP contribution in [0, 0.1) is 0 Å². The van der Waals surface area contributed by atoms with Crippen LogP contribution in [0.1, 0.15) is 58.7 Å². The molecule has 7 rings (SSSR count). The number of nitrogens with zero attached hydrogens (tertiary/aromatic N) is 2. The standard InChI is InChI=1S/C38H40N4O5/c43-25-27-14-16-28(17-15-27)34-23-33(24-41-20-18-38(19-21-41)37(45)39-26-42(38)32-12-5-2-6-13-32)46-36(47-34)30-10-7-11-31(22-30)40-35(44)29-8-3-1-4-9-29/h1-17,22,33-34,36,43H,18-21,23-26H2,(H,39,45)(H,40,44).